The molecule has 0 bridgehead atoms. The fraction of sp³-hybridized carbons (Fsp3) is 0.318. The van der Waals surface area contributed by atoms with Gasteiger partial charge in [-0.1, -0.05) is 19.1 Å². The predicted octanol–water partition coefficient (Wildman–Crippen LogP) is 3.82. The first-order chi connectivity index (χ1) is 15.0. The van der Waals surface area contributed by atoms with Crippen molar-refractivity contribution in [3.63, 3.8) is 0 Å². The molecule has 0 saturated carbocycles. The van der Waals surface area contributed by atoms with Gasteiger partial charge >= 0.3 is 12.2 Å². The third kappa shape index (κ3) is 4.25. The van der Waals surface area contributed by atoms with E-state index in [2.05, 4.69) is 10.6 Å². The van der Waals surface area contributed by atoms with Gasteiger partial charge in [0.2, 0.25) is 5.91 Å². The number of carbonyl (C=O) groups excluding carboxylic acids is 3. The third-order valence-corrected chi connectivity index (χ3v) is 5.37. The summed E-state index contributed by atoms with van der Waals surface area (Å²) in [4.78, 5) is 38.9. The Labute approximate surface area is 182 Å². The van der Waals surface area contributed by atoms with Gasteiger partial charge in [0.05, 0.1) is 12.7 Å². The molecule has 0 radical (unpaired) electrons. The average Bonchev–Trinajstić information content (AvgIpc) is 2.98. The van der Waals surface area contributed by atoms with E-state index >= 15 is 0 Å². The van der Waals surface area contributed by atoms with Gasteiger partial charge in [-0.2, -0.15) is 13.2 Å². The SMILES string of the molecule is CCC1(c2ccc(OC)c(C)c2)NC(=O)N(CC(=O)Nc2cccc(C(F)(F)F)c2)C1=O. The number of alkyl halides is 3. The molecule has 1 aliphatic rings. The topological polar surface area (TPSA) is 87.7 Å². The minimum atomic E-state index is -4.57. The van der Waals surface area contributed by atoms with Crippen LogP contribution in [0.4, 0.5) is 23.7 Å². The van der Waals surface area contributed by atoms with Crippen LogP contribution in [0.5, 0.6) is 5.75 Å². The summed E-state index contributed by atoms with van der Waals surface area (Å²) in [6, 6.07) is 8.41. The number of rotatable bonds is 6. The Bertz CT molecular complexity index is 1070. The normalized spacial score (nSPS) is 18.5. The van der Waals surface area contributed by atoms with Crippen molar-refractivity contribution in [1.29, 1.82) is 0 Å². The molecule has 170 valence electrons. The van der Waals surface area contributed by atoms with Gasteiger partial charge in [0.25, 0.3) is 5.91 Å². The lowest BCUT2D eigenvalue weighted by molar-refractivity contribution is -0.137. The smallest absolute Gasteiger partial charge is 0.416 e. The second kappa shape index (κ2) is 8.52. The Kier molecular flexibility index (Phi) is 6.16. The van der Waals surface area contributed by atoms with Crippen molar-refractivity contribution in [2.24, 2.45) is 0 Å². The van der Waals surface area contributed by atoms with E-state index in [4.69, 9.17) is 4.74 Å². The largest absolute Gasteiger partial charge is 0.496 e. The van der Waals surface area contributed by atoms with Gasteiger partial charge in [-0.3, -0.25) is 14.5 Å². The summed E-state index contributed by atoms with van der Waals surface area (Å²) >= 11 is 0. The van der Waals surface area contributed by atoms with Crippen LogP contribution in [0.1, 0.15) is 30.0 Å². The third-order valence-electron chi connectivity index (χ3n) is 5.37. The molecule has 1 heterocycles. The first-order valence-electron chi connectivity index (χ1n) is 9.78. The van der Waals surface area contributed by atoms with E-state index in [1.807, 2.05) is 0 Å². The number of hydrogen-bond acceptors (Lipinski definition) is 4. The highest BCUT2D eigenvalue weighted by molar-refractivity contribution is 6.10. The number of nitrogens with zero attached hydrogens (tertiary/aromatic N) is 1. The number of benzene rings is 2. The summed E-state index contributed by atoms with van der Waals surface area (Å²) in [6.07, 6.45) is -4.34. The van der Waals surface area contributed by atoms with Crippen molar-refractivity contribution in [1.82, 2.24) is 10.2 Å². The van der Waals surface area contributed by atoms with Crippen molar-refractivity contribution >= 4 is 23.5 Å². The number of aryl methyl sites for hydroxylation is 1. The molecule has 1 unspecified atom stereocenters. The van der Waals surface area contributed by atoms with Crippen LogP contribution in [0.15, 0.2) is 42.5 Å². The van der Waals surface area contributed by atoms with Gasteiger partial charge < -0.3 is 15.4 Å². The van der Waals surface area contributed by atoms with Crippen LogP contribution in [0.25, 0.3) is 0 Å². The van der Waals surface area contributed by atoms with E-state index in [9.17, 15) is 27.6 Å². The Balaban J connectivity index is 1.80. The number of halogens is 3. The van der Waals surface area contributed by atoms with Crippen LogP contribution in [0.2, 0.25) is 0 Å². The Morgan fingerprint density at radius 3 is 2.50 bits per heavy atom. The fourth-order valence-electron chi connectivity index (χ4n) is 3.67. The van der Waals surface area contributed by atoms with Crippen molar-refractivity contribution in [3.8, 4) is 5.75 Å². The van der Waals surface area contributed by atoms with E-state index in [1.165, 1.54) is 13.2 Å². The molecule has 2 aromatic carbocycles. The second-order valence-electron chi connectivity index (χ2n) is 7.39. The number of carbonyl (C=O) groups is 3. The van der Waals surface area contributed by atoms with Crippen LogP contribution in [0, 0.1) is 6.92 Å². The van der Waals surface area contributed by atoms with Gasteiger partial charge in [-0.25, -0.2) is 4.79 Å². The number of hydrogen-bond donors (Lipinski definition) is 2. The lowest BCUT2D eigenvalue weighted by Crippen LogP contribution is -2.44. The van der Waals surface area contributed by atoms with Gasteiger partial charge in [-0.05, 0) is 54.8 Å². The first-order valence-corrected chi connectivity index (χ1v) is 9.78. The number of anilines is 1. The highest BCUT2D eigenvalue weighted by Crippen LogP contribution is 2.35. The molecule has 0 aromatic heterocycles. The van der Waals surface area contributed by atoms with E-state index in [0.717, 1.165) is 28.7 Å². The highest BCUT2D eigenvalue weighted by Gasteiger charge is 2.51. The Morgan fingerprint density at radius 1 is 1.19 bits per heavy atom. The number of methoxy groups -OCH3 is 1. The zero-order valence-corrected chi connectivity index (χ0v) is 17.7. The molecule has 4 amide bonds. The fourth-order valence-corrected chi connectivity index (χ4v) is 3.67. The Hall–Kier alpha value is -3.56. The van der Waals surface area contributed by atoms with Crippen LogP contribution >= 0.6 is 0 Å². The minimum absolute atomic E-state index is 0.0931. The van der Waals surface area contributed by atoms with Crippen LogP contribution in [-0.4, -0.2) is 36.4 Å². The number of nitrogens with one attached hydrogen (secondary N) is 2. The van der Waals surface area contributed by atoms with Gasteiger partial charge in [0.1, 0.15) is 17.8 Å². The van der Waals surface area contributed by atoms with E-state index in [1.54, 1.807) is 32.0 Å². The summed E-state index contributed by atoms with van der Waals surface area (Å²) in [5.41, 5.74) is -1.07. The molecule has 0 spiro atoms. The maximum Gasteiger partial charge on any atom is 0.416 e. The monoisotopic (exact) mass is 449 g/mol. The molecule has 7 nitrogen and oxygen atoms in total. The Morgan fingerprint density at radius 2 is 1.91 bits per heavy atom. The molecule has 10 heteroatoms. The predicted molar refractivity (Wildman–Crippen MR) is 110 cm³/mol. The minimum Gasteiger partial charge on any atom is -0.496 e. The summed E-state index contributed by atoms with van der Waals surface area (Å²) in [6.45, 7) is 2.88. The summed E-state index contributed by atoms with van der Waals surface area (Å²) in [5, 5.41) is 4.97. The number of urea groups is 1. The van der Waals surface area contributed by atoms with E-state index in [-0.39, 0.29) is 12.1 Å². The van der Waals surface area contributed by atoms with Crippen molar-refractivity contribution in [3.05, 3.63) is 59.2 Å². The van der Waals surface area contributed by atoms with Crippen LogP contribution in [0.3, 0.4) is 0 Å². The number of imide groups is 1. The summed E-state index contributed by atoms with van der Waals surface area (Å²) in [7, 11) is 1.52. The van der Waals surface area contributed by atoms with Gasteiger partial charge in [0, 0.05) is 5.69 Å². The molecule has 1 saturated heterocycles. The summed E-state index contributed by atoms with van der Waals surface area (Å²) < 4.78 is 43.8. The van der Waals surface area contributed by atoms with Crippen molar-refractivity contribution < 1.29 is 32.3 Å². The number of ether oxygens (including phenoxy) is 1. The molecule has 1 aliphatic heterocycles. The van der Waals surface area contributed by atoms with Crippen molar-refractivity contribution in [2.45, 2.75) is 32.0 Å². The lowest BCUT2D eigenvalue weighted by atomic mass is 9.86. The molecular formula is C22H22F3N3O4. The van der Waals surface area contributed by atoms with E-state index < -0.39 is 41.7 Å². The lowest BCUT2D eigenvalue weighted by Gasteiger charge is -2.26. The van der Waals surface area contributed by atoms with Gasteiger partial charge in [0.15, 0.2) is 0 Å². The van der Waals surface area contributed by atoms with Crippen LogP contribution < -0.4 is 15.4 Å². The maximum atomic E-state index is 13.2. The quantitative estimate of drug-likeness (QED) is 0.657. The van der Waals surface area contributed by atoms with E-state index in [0.29, 0.717) is 11.3 Å². The van der Waals surface area contributed by atoms with Crippen molar-refractivity contribution in [2.75, 3.05) is 19.0 Å². The second-order valence-corrected chi connectivity index (χ2v) is 7.39. The molecule has 32 heavy (non-hydrogen) atoms. The first kappa shape index (κ1) is 23.1. The average molecular weight is 449 g/mol. The van der Waals surface area contributed by atoms with Gasteiger partial charge in [-0.15, -0.1) is 0 Å². The standard InChI is InChI=1S/C22H22F3N3O4/c1-4-21(14-8-9-17(32-3)13(2)10-14)19(30)28(20(31)27-21)12-18(29)26-16-7-5-6-15(11-16)22(23,24)25/h5-11H,4,12H2,1-3H3,(H,26,29)(H,27,31). The van der Waals surface area contributed by atoms with Crippen LogP contribution in [-0.2, 0) is 21.3 Å². The molecule has 2 aromatic rings. The number of amides is 4. The summed E-state index contributed by atoms with van der Waals surface area (Å²) in [5.74, 6) is -0.798. The molecule has 3 rings (SSSR count). The highest BCUT2D eigenvalue weighted by atomic mass is 19.4. The molecule has 0 aliphatic carbocycles. The molecule has 2 N–H and O–H groups in total. The molecule has 1 fully saturated rings. The molecular weight excluding hydrogens is 427 g/mol. The molecule has 1 atom stereocenters. The maximum absolute atomic E-state index is 13.2. The zero-order valence-electron chi connectivity index (χ0n) is 17.7. The zero-order chi connectivity index (χ0) is 23.7.